The van der Waals surface area contributed by atoms with Gasteiger partial charge in [-0.1, -0.05) is 27.5 Å². The highest BCUT2D eigenvalue weighted by molar-refractivity contribution is 9.10. The number of nitrogens with zero attached hydrogens (tertiary/aromatic N) is 2. The molecule has 0 unspecified atom stereocenters. The molecule has 9 heteroatoms. The normalized spacial score (nSPS) is 12.2. The summed E-state index contributed by atoms with van der Waals surface area (Å²) in [6.45, 7) is 3.29. The third-order valence-corrected chi connectivity index (χ3v) is 7.02. The molecule has 0 aliphatic carbocycles. The summed E-state index contributed by atoms with van der Waals surface area (Å²) in [5.74, 6) is 0. The van der Waals surface area contributed by atoms with Gasteiger partial charge in [0.15, 0.2) is 9.84 Å². The minimum Gasteiger partial charge on any atom is -0.381 e. The molecule has 0 bridgehead atoms. The zero-order chi connectivity index (χ0) is 18.1. The molecule has 24 heavy (non-hydrogen) atoms. The molecule has 0 atom stereocenters. The van der Waals surface area contributed by atoms with Crippen LogP contribution >= 0.6 is 27.5 Å². The second-order valence-electron chi connectivity index (χ2n) is 5.87. The number of sulfone groups is 1. The summed E-state index contributed by atoms with van der Waals surface area (Å²) in [7, 11) is -2.10. The summed E-state index contributed by atoms with van der Waals surface area (Å²) < 4.78 is 26.4. The van der Waals surface area contributed by atoms with Crippen LogP contribution < -0.4 is 10.9 Å². The van der Waals surface area contributed by atoms with Crippen LogP contribution in [0, 0.1) is 0 Å². The second-order valence-corrected chi connectivity index (χ2v) is 9.75. The lowest BCUT2D eigenvalue weighted by Gasteiger charge is -2.26. The molecule has 2 rings (SSSR count). The van der Waals surface area contributed by atoms with E-state index in [0.717, 1.165) is 9.15 Å². The smallest absolute Gasteiger partial charge is 0.287 e. The molecule has 0 aliphatic heterocycles. The number of aromatic nitrogens is 2. The molecule has 1 N–H and O–H groups in total. The van der Waals surface area contributed by atoms with Crippen molar-refractivity contribution < 1.29 is 8.42 Å². The van der Waals surface area contributed by atoms with Gasteiger partial charge in [-0.2, -0.15) is 5.10 Å². The lowest BCUT2D eigenvalue weighted by molar-refractivity contribution is 0.553. The first-order chi connectivity index (χ1) is 11.1. The van der Waals surface area contributed by atoms with Crippen molar-refractivity contribution >= 4 is 43.1 Å². The van der Waals surface area contributed by atoms with Gasteiger partial charge in [-0.05, 0) is 38.1 Å². The molecule has 0 fully saturated rings. The molecule has 0 saturated heterocycles. The summed E-state index contributed by atoms with van der Waals surface area (Å²) >= 11 is 9.27. The zero-order valence-electron chi connectivity index (χ0n) is 13.4. The maximum absolute atomic E-state index is 12.8. The van der Waals surface area contributed by atoms with Gasteiger partial charge in [0.05, 0.1) is 21.5 Å². The second kappa shape index (κ2) is 6.85. The minimum atomic E-state index is -3.59. The van der Waals surface area contributed by atoms with Crippen LogP contribution in [0.2, 0.25) is 5.02 Å². The highest BCUT2D eigenvalue weighted by Gasteiger charge is 2.35. The Morgan fingerprint density at radius 1 is 1.29 bits per heavy atom. The fourth-order valence-corrected chi connectivity index (χ4v) is 3.87. The van der Waals surface area contributed by atoms with Crippen molar-refractivity contribution in [2.45, 2.75) is 23.5 Å². The summed E-state index contributed by atoms with van der Waals surface area (Å²) in [5, 5.41) is 6.76. The van der Waals surface area contributed by atoms with Crippen LogP contribution in [-0.4, -0.2) is 29.5 Å². The van der Waals surface area contributed by atoms with Gasteiger partial charge < -0.3 is 5.32 Å². The largest absolute Gasteiger partial charge is 0.381 e. The lowest BCUT2D eigenvalue weighted by atomic mass is 10.2. The van der Waals surface area contributed by atoms with Gasteiger partial charge in [-0.3, -0.25) is 4.79 Å². The Hall–Kier alpha value is -1.38. The number of hydrogen-bond acceptors (Lipinski definition) is 5. The fourth-order valence-electron chi connectivity index (χ4n) is 1.97. The average Bonchev–Trinajstić information content (AvgIpc) is 2.52. The molecule has 0 amide bonds. The quantitative estimate of drug-likeness (QED) is 0.782. The topological polar surface area (TPSA) is 81.1 Å². The van der Waals surface area contributed by atoms with Gasteiger partial charge in [0.1, 0.15) is 5.02 Å². The first kappa shape index (κ1) is 19.0. The molecule has 1 aromatic carbocycles. The number of benzene rings is 1. The Morgan fingerprint density at radius 3 is 2.46 bits per heavy atom. The van der Waals surface area contributed by atoms with E-state index in [1.165, 1.54) is 13.2 Å². The van der Waals surface area contributed by atoms with E-state index < -0.39 is 20.1 Å². The fraction of sp³-hybridized carbons (Fsp3) is 0.333. The number of halogens is 2. The first-order valence-corrected chi connectivity index (χ1v) is 9.67. The molecular formula is C15H17BrClN3O3S. The van der Waals surface area contributed by atoms with Crippen molar-refractivity contribution in [3.8, 4) is 0 Å². The number of anilines is 1. The van der Waals surface area contributed by atoms with E-state index in [1.54, 1.807) is 38.1 Å². The predicted octanol–water partition coefficient (Wildman–Crippen LogP) is 2.86. The van der Waals surface area contributed by atoms with Crippen LogP contribution in [0.5, 0.6) is 0 Å². The molecule has 130 valence electrons. The van der Waals surface area contributed by atoms with E-state index in [2.05, 4.69) is 26.3 Å². The zero-order valence-corrected chi connectivity index (χ0v) is 16.5. The number of hydrogen-bond donors (Lipinski definition) is 1. The number of rotatable bonds is 5. The van der Waals surface area contributed by atoms with Crippen molar-refractivity contribution in [2.75, 3.05) is 11.9 Å². The van der Waals surface area contributed by atoms with E-state index in [-0.39, 0.29) is 16.5 Å². The van der Waals surface area contributed by atoms with Gasteiger partial charge in [0.2, 0.25) is 0 Å². The standard InChI is InChI=1S/C15H17BrClN3O3S/c1-15(2,24(22,23)11-6-4-10(16)5-7-11)9-18-12-8-19-20(3)14(21)13(12)17/h4-8,18H,9H2,1-3H3. The van der Waals surface area contributed by atoms with Gasteiger partial charge in [0.25, 0.3) is 5.56 Å². The summed E-state index contributed by atoms with van der Waals surface area (Å²) in [6, 6.07) is 6.46. The number of aryl methyl sites for hydroxylation is 1. The Morgan fingerprint density at radius 2 is 1.88 bits per heavy atom. The van der Waals surface area contributed by atoms with Crippen molar-refractivity contribution in [3.05, 3.63) is 50.3 Å². The Bertz CT molecular complexity index is 909. The SMILES string of the molecule is Cn1ncc(NCC(C)(C)S(=O)(=O)c2ccc(Br)cc2)c(Cl)c1=O. The van der Waals surface area contributed by atoms with Crippen molar-refractivity contribution in [1.29, 1.82) is 0 Å². The van der Waals surface area contributed by atoms with Crippen LogP contribution in [-0.2, 0) is 16.9 Å². The summed E-state index contributed by atoms with van der Waals surface area (Å²) in [5.41, 5.74) is -0.144. The third kappa shape index (κ3) is 3.65. The number of nitrogens with one attached hydrogen (secondary N) is 1. The highest BCUT2D eigenvalue weighted by atomic mass is 79.9. The third-order valence-electron chi connectivity index (χ3n) is 3.63. The van der Waals surface area contributed by atoms with Crippen LogP contribution in [0.3, 0.4) is 0 Å². The van der Waals surface area contributed by atoms with Crippen LogP contribution in [0.25, 0.3) is 0 Å². The Balaban J connectivity index is 2.26. The molecule has 0 saturated carbocycles. The van der Waals surface area contributed by atoms with Crippen molar-refractivity contribution in [2.24, 2.45) is 7.05 Å². The molecule has 0 radical (unpaired) electrons. The summed E-state index contributed by atoms with van der Waals surface area (Å²) in [6.07, 6.45) is 1.39. The van der Waals surface area contributed by atoms with Gasteiger partial charge in [-0.25, -0.2) is 13.1 Å². The van der Waals surface area contributed by atoms with E-state index >= 15 is 0 Å². The molecule has 1 aromatic heterocycles. The Kier molecular flexibility index (Phi) is 5.41. The average molecular weight is 435 g/mol. The molecule has 0 spiro atoms. The van der Waals surface area contributed by atoms with Crippen molar-refractivity contribution in [1.82, 2.24) is 9.78 Å². The monoisotopic (exact) mass is 433 g/mol. The molecule has 0 aliphatic rings. The van der Waals surface area contributed by atoms with E-state index in [4.69, 9.17) is 11.6 Å². The molecule has 6 nitrogen and oxygen atoms in total. The van der Waals surface area contributed by atoms with E-state index in [9.17, 15) is 13.2 Å². The molecule has 2 aromatic rings. The maximum Gasteiger partial charge on any atom is 0.287 e. The molecule has 1 heterocycles. The molecular weight excluding hydrogens is 418 g/mol. The van der Waals surface area contributed by atoms with Crippen LogP contribution in [0.1, 0.15) is 13.8 Å². The van der Waals surface area contributed by atoms with Gasteiger partial charge in [-0.15, -0.1) is 0 Å². The minimum absolute atomic E-state index is 0.0238. The highest BCUT2D eigenvalue weighted by Crippen LogP contribution is 2.27. The maximum atomic E-state index is 12.8. The van der Waals surface area contributed by atoms with Crippen LogP contribution in [0.15, 0.2) is 44.6 Å². The van der Waals surface area contributed by atoms with E-state index in [1.807, 2.05) is 0 Å². The Labute approximate surface area is 153 Å². The van der Waals surface area contributed by atoms with Crippen molar-refractivity contribution in [3.63, 3.8) is 0 Å². The van der Waals surface area contributed by atoms with Crippen LogP contribution in [0.4, 0.5) is 5.69 Å². The summed E-state index contributed by atoms with van der Waals surface area (Å²) in [4.78, 5) is 12.0. The predicted molar refractivity (Wildman–Crippen MR) is 98.4 cm³/mol. The van der Waals surface area contributed by atoms with Gasteiger partial charge in [0, 0.05) is 18.1 Å². The van der Waals surface area contributed by atoms with E-state index in [0.29, 0.717) is 5.69 Å². The first-order valence-electron chi connectivity index (χ1n) is 7.02. The lowest BCUT2D eigenvalue weighted by Crippen LogP contribution is -2.39. The van der Waals surface area contributed by atoms with Gasteiger partial charge >= 0.3 is 0 Å².